The third-order valence-corrected chi connectivity index (χ3v) is 3.50. The van der Waals surface area contributed by atoms with E-state index in [-0.39, 0.29) is 5.76 Å². The number of esters is 1. The Morgan fingerprint density at radius 3 is 2.58 bits per heavy atom. The Bertz CT molecular complexity index is 901. The molecule has 0 radical (unpaired) electrons. The average Bonchev–Trinajstić information content (AvgIpc) is 3.01. The Hall–Kier alpha value is -3.15. The summed E-state index contributed by atoms with van der Waals surface area (Å²) in [5.41, 5.74) is 1.20. The maximum atomic E-state index is 12.2. The third-order valence-electron chi connectivity index (χ3n) is 3.50. The molecule has 6 nitrogen and oxygen atoms in total. The van der Waals surface area contributed by atoms with Crippen LogP contribution in [0.4, 0.5) is 5.69 Å². The lowest BCUT2D eigenvalue weighted by molar-refractivity contribution is -0.123. The fraction of sp³-hybridized carbons (Fsp3) is 0.167. The van der Waals surface area contributed by atoms with Crippen LogP contribution in [0.25, 0.3) is 10.8 Å². The molecule has 1 atom stereocenters. The maximum absolute atomic E-state index is 12.2. The number of rotatable bonds is 4. The number of nitrogens with one attached hydrogen (secondary N) is 1. The van der Waals surface area contributed by atoms with E-state index >= 15 is 0 Å². The van der Waals surface area contributed by atoms with E-state index in [2.05, 4.69) is 10.5 Å². The van der Waals surface area contributed by atoms with Crippen LogP contribution in [0.5, 0.6) is 0 Å². The SMILES string of the molecule is Cc1cc(C(=O)O[C@@H](C)C(=O)Nc2ccc3ccccc3c2)on1. The molecule has 2 aromatic carbocycles. The Labute approximate surface area is 138 Å². The number of carbonyl (C=O) groups excluding carboxylic acids is 2. The zero-order valence-corrected chi connectivity index (χ0v) is 13.3. The van der Waals surface area contributed by atoms with Crippen molar-refractivity contribution < 1.29 is 18.8 Å². The number of nitrogens with zero attached hydrogens (tertiary/aromatic N) is 1. The number of carbonyl (C=O) groups is 2. The first-order valence-corrected chi connectivity index (χ1v) is 7.47. The number of hydrogen-bond donors (Lipinski definition) is 1. The van der Waals surface area contributed by atoms with Gasteiger partial charge in [0, 0.05) is 11.8 Å². The number of anilines is 1. The second-order valence-electron chi connectivity index (χ2n) is 5.43. The molecule has 0 unspecified atom stereocenters. The number of aromatic nitrogens is 1. The van der Waals surface area contributed by atoms with Crippen LogP contribution < -0.4 is 5.32 Å². The molecule has 1 amide bonds. The molecule has 122 valence electrons. The predicted octanol–water partition coefficient (Wildman–Crippen LogP) is 3.32. The van der Waals surface area contributed by atoms with Gasteiger partial charge < -0.3 is 14.6 Å². The Balaban J connectivity index is 1.65. The van der Waals surface area contributed by atoms with Gasteiger partial charge in [0.2, 0.25) is 5.76 Å². The number of benzene rings is 2. The molecule has 0 saturated heterocycles. The van der Waals surface area contributed by atoms with E-state index in [1.54, 1.807) is 13.0 Å². The lowest BCUT2D eigenvalue weighted by Gasteiger charge is -2.13. The highest BCUT2D eigenvalue weighted by Crippen LogP contribution is 2.19. The van der Waals surface area contributed by atoms with Crippen LogP contribution in [0, 0.1) is 6.92 Å². The van der Waals surface area contributed by atoms with Crippen molar-refractivity contribution in [3.05, 3.63) is 60.0 Å². The summed E-state index contributed by atoms with van der Waals surface area (Å²) in [4.78, 5) is 24.1. The van der Waals surface area contributed by atoms with Crippen molar-refractivity contribution in [2.45, 2.75) is 20.0 Å². The minimum atomic E-state index is -0.964. The van der Waals surface area contributed by atoms with Crippen LogP contribution in [0.1, 0.15) is 23.2 Å². The lowest BCUT2D eigenvalue weighted by atomic mass is 10.1. The highest BCUT2D eigenvalue weighted by molar-refractivity contribution is 5.98. The molecule has 6 heteroatoms. The molecule has 0 bridgehead atoms. The van der Waals surface area contributed by atoms with Crippen LogP contribution in [0.2, 0.25) is 0 Å². The van der Waals surface area contributed by atoms with E-state index in [0.717, 1.165) is 10.8 Å². The molecule has 0 aliphatic rings. The van der Waals surface area contributed by atoms with E-state index in [9.17, 15) is 9.59 Å². The van der Waals surface area contributed by atoms with Crippen molar-refractivity contribution in [3.63, 3.8) is 0 Å². The fourth-order valence-corrected chi connectivity index (χ4v) is 2.24. The second kappa shape index (κ2) is 6.54. The summed E-state index contributed by atoms with van der Waals surface area (Å²) in [5, 5.41) is 8.43. The van der Waals surface area contributed by atoms with Gasteiger partial charge in [0.1, 0.15) is 0 Å². The molecule has 24 heavy (non-hydrogen) atoms. The van der Waals surface area contributed by atoms with Crippen molar-refractivity contribution in [1.29, 1.82) is 0 Å². The fourth-order valence-electron chi connectivity index (χ4n) is 2.24. The van der Waals surface area contributed by atoms with Crippen LogP contribution in [-0.2, 0) is 9.53 Å². The van der Waals surface area contributed by atoms with Crippen LogP contribution in [-0.4, -0.2) is 23.1 Å². The first kappa shape index (κ1) is 15.7. The monoisotopic (exact) mass is 324 g/mol. The highest BCUT2D eigenvalue weighted by Gasteiger charge is 2.21. The van der Waals surface area contributed by atoms with Crippen LogP contribution in [0.3, 0.4) is 0 Å². The lowest BCUT2D eigenvalue weighted by Crippen LogP contribution is -2.29. The van der Waals surface area contributed by atoms with E-state index in [1.165, 1.54) is 13.0 Å². The standard InChI is InChI=1S/C18H16N2O4/c1-11-9-16(24-20-11)18(22)23-12(2)17(21)19-15-8-7-13-5-3-4-6-14(13)10-15/h3-10,12H,1-2H3,(H,19,21)/t12-/m0/s1. The number of fused-ring (bicyclic) bond motifs is 1. The number of aryl methyl sites for hydroxylation is 1. The molecule has 0 saturated carbocycles. The quantitative estimate of drug-likeness (QED) is 0.745. The minimum Gasteiger partial charge on any atom is -0.447 e. The van der Waals surface area contributed by atoms with E-state index < -0.39 is 18.0 Å². The second-order valence-corrected chi connectivity index (χ2v) is 5.43. The van der Waals surface area contributed by atoms with Crippen molar-refractivity contribution in [3.8, 4) is 0 Å². The summed E-state index contributed by atoms with van der Waals surface area (Å²) in [7, 11) is 0. The summed E-state index contributed by atoms with van der Waals surface area (Å²) in [6.45, 7) is 3.19. The number of hydrogen-bond acceptors (Lipinski definition) is 5. The molecule has 1 aromatic heterocycles. The molecule has 1 heterocycles. The number of ether oxygens (including phenoxy) is 1. The minimum absolute atomic E-state index is 0.0298. The molecule has 0 aliphatic heterocycles. The van der Waals surface area contributed by atoms with Gasteiger partial charge in [-0.05, 0) is 36.8 Å². The maximum Gasteiger partial charge on any atom is 0.377 e. The first-order valence-electron chi connectivity index (χ1n) is 7.47. The van der Waals surface area contributed by atoms with Crippen molar-refractivity contribution >= 4 is 28.3 Å². The molecule has 0 fully saturated rings. The highest BCUT2D eigenvalue weighted by atomic mass is 16.6. The van der Waals surface area contributed by atoms with Gasteiger partial charge in [-0.2, -0.15) is 0 Å². The summed E-state index contributed by atoms with van der Waals surface area (Å²) < 4.78 is 9.90. The number of amides is 1. The van der Waals surface area contributed by atoms with Gasteiger partial charge in [0.25, 0.3) is 5.91 Å². The average molecular weight is 324 g/mol. The van der Waals surface area contributed by atoms with E-state index in [4.69, 9.17) is 9.26 Å². The third kappa shape index (κ3) is 3.43. The molecular weight excluding hydrogens is 308 g/mol. The Morgan fingerprint density at radius 1 is 1.12 bits per heavy atom. The Morgan fingerprint density at radius 2 is 1.88 bits per heavy atom. The van der Waals surface area contributed by atoms with Gasteiger partial charge in [-0.25, -0.2) is 4.79 Å². The van der Waals surface area contributed by atoms with E-state index in [1.807, 2.05) is 36.4 Å². The van der Waals surface area contributed by atoms with Crippen molar-refractivity contribution in [2.75, 3.05) is 5.32 Å². The van der Waals surface area contributed by atoms with E-state index in [0.29, 0.717) is 11.4 Å². The largest absolute Gasteiger partial charge is 0.447 e. The van der Waals surface area contributed by atoms with Crippen molar-refractivity contribution in [1.82, 2.24) is 5.16 Å². The van der Waals surface area contributed by atoms with Gasteiger partial charge in [0.05, 0.1) is 5.69 Å². The molecule has 1 N–H and O–H groups in total. The summed E-state index contributed by atoms with van der Waals surface area (Å²) >= 11 is 0. The summed E-state index contributed by atoms with van der Waals surface area (Å²) in [6, 6.07) is 14.9. The zero-order chi connectivity index (χ0) is 17.1. The topological polar surface area (TPSA) is 81.4 Å². The van der Waals surface area contributed by atoms with Crippen molar-refractivity contribution in [2.24, 2.45) is 0 Å². The normalized spacial score (nSPS) is 11.9. The van der Waals surface area contributed by atoms with Gasteiger partial charge in [-0.3, -0.25) is 4.79 Å². The molecule has 0 spiro atoms. The van der Waals surface area contributed by atoms with Gasteiger partial charge in [0.15, 0.2) is 6.10 Å². The van der Waals surface area contributed by atoms with Gasteiger partial charge in [-0.15, -0.1) is 0 Å². The molecule has 3 rings (SSSR count). The summed E-state index contributed by atoms with van der Waals surface area (Å²) in [5.74, 6) is -1.18. The van der Waals surface area contributed by atoms with Crippen LogP contribution in [0.15, 0.2) is 53.1 Å². The molecule has 0 aliphatic carbocycles. The Kier molecular flexibility index (Phi) is 4.29. The molecule has 3 aromatic rings. The predicted molar refractivity (Wildman–Crippen MR) is 88.7 cm³/mol. The molecular formula is C18H16N2O4. The first-order chi connectivity index (χ1) is 11.5. The van der Waals surface area contributed by atoms with Gasteiger partial charge >= 0.3 is 5.97 Å². The van der Waals surface area contributed by atoms with Gasteiger partial charge in [-0.1, -0.05) is 35.5 Å². The smallest absolute Gasteiger partial charge is 0.377 e. The zero-order valence-electron chi connectivity index (χ0n) is 13.3. The van der Waals surface area contributed by atoms with Crippen LogP contribution >= 0.6 is 0 Å². The summed E-state index contributed by atoms with van der Waals surface area (Å²) in [6.07, 6.45) is -0.964.